The van der Waals surface area contributed by atoms with E-state index >= 15 is 0 Å². The molecule has 432 valence electrons. The van der Waals surface area contributed by atoms with Crippen LogP contribution < -0.4 is 0 Å². The van der Waals surface area contributed by atoms with E-state index in [0.29, 0.717) is 10.8 Å². The average molecular weight is 1250 g/mol. The van der Waals surface area contributed by atoms with Crippen LogP contribution in [0.25, 0.3) is 109 Å². The van der Waals surface area contributed by atoms with Gasteiger partial charge in [0.1, 0.15) is 0 Å². The minimum absolute atomic E-state index is 0. The van der Waals surface area contributed by atoms with E-state index in [-0.39, 0.29) is 39.7 Å². The molecule has 8 aliphatic carbocycles. The molecule has 8 fully saturated rings. The van der Waals surface area contributed by atoms with E-state index in [1.54, 1.807) is 11.1 Å². The molecule has 4 heteroatoms. The van der Waals surface area contributed by atoms with Crippen LogP contribution in [0.15, 0.2) is 218 Å². The Labute approximate surface area is 540 Å². The third-order valence-electron chi connectivity index (χ3n) is 21.7. The first-order valence-corrected chi connectivity index (χ1v) is 35.2. The zero-order valence-electron chi connectivity index (χ0n) is 50.0. The monoisotopic (exact) mass is 1250 g/mol. The van der Waals surface area contributed by atoms with Crippen molar-refractivity contribution in [3.8, 4) is 44.5 Å². The number of rotatable bonds is 8. The van der Waals surface area contributed by atoms with Crippen LogP contribution in [-0.2, 0) is 36.2 Å². The van der Waals surface area contributed by atoms with Gasteiger partial charge in [-0.25, -0.2) is 0 Å². The largest absolute Gasteiger partial charge is 0.164 e. The maximum absolute atomic E-state index is 3.06. The van der Waals surface area contributed by atoms with Crippen molar-refractivity contribution in [2.45, 2.75) is 89.9 Å². The summed E-state index contributed by atoms with van der Waals surface area (Å²) in [5, 5.41) is 16.3. The fourth-order valence-corrected chi connectivity index (χ4v) is 19.6. The summed E-state index contributed by atoms with van der Waals surface area (Å²) in [4.78, 5) is 0. The molecule has 0 atom stereocenters. The van der Waals surface area contributed by atoms with Gasteiger partial charge in [0.05, 0.1) is 0 Å². The average Bonchev–Trinajstić information content (AvgIpc) is 1.72. The van der Waals surface area contributed by atoms with Gasteiger partial charge in [0.25, 0.3) is 0 Å². The zero-order valence-corrected chi connectivity index (χ0v) is 55.1. The molecule has 0 saturated heterocycles. The molecular formula is C82H78Cl2SiZr-4. The molecule has 8 bridgehead atoms. The summed E-state index contributed by atoms with van der Waals surface area (Å²) in [5.74, 6) is 5.96. The number of hydrogen-bond donors (Lipinski definition) is 0. The summed E-state index contributed by atoms with van der Waals surface area (Å²) < 4.78 is 0. The maximum Gasteiger partial charge on any atom is -0.0114 e. The third-order valence-corrected chi connectivity index (χ3v) is 21.7. The van der Waals surface area contributed by atoms with E-state index in [0.717, 1.165) is 35.5 Å². The molecule has 8 aliphatic rings. The van der Waals surface area contributed by atoms with Crippen LogP contribution >= 0.6 is 24.8 Å². The molecule has 0 unspecified atom stereocenters. The molecule has 86 heavy (non-hydrogen) atoms. The maximum atomic E-state index is 3.06. The molecule has 0 spiro atoms. The number of hydrogen-bond acceptors (Lipinski definition) is 0. The summed E-state index contributed by atoms with van der Waals surface area (Å²) in [6.45, 7) is 3.06. The van der Waals surface area contributed by atoms with E-state index in [4.69, 9.17) is 0 Å². The number of benzene rings is 10. The molecule has 12 aromatic rings. The van der Waals surface area contributed by atoms with Gasteiger partial charge in [-0.15, -0.1) is 69.6 Å². The number of halogens is 2. The molecule has 12 aromatic carbocycles. The Balaban J connectivity index is 0.000000157. The predicted octanol–water partition coefficient (Wildman–Crippen LogP) is 23.3. The molecule has 2 radical (unpaired) electrons. The fourth-order valence-electron chi connectivity index (χ4n) is 19.6. The smallest absolute Gasteiger partial charge is 0.0114 e. The van der Waals surface area contributed by atoms with Crippen molar-refractivity contribution < 1.29 is 23.3 Å². The fraction of sp³-hybridized carbons (Fsp3) is 0.268. The third kappa shape index (κ3) is 10.7. The second kappa shape index (κ2) is 24.6. The van der Waals surface area contributed by atoms with Crippen LogP contribution in [0.5, 0.6) is 0 Å². The molecule has 0 nitrogen and oxygen atoms in total. The molecule has 8 saturated carbocycles. The standard InChI is InChI=1S/2C40H35.2CH3.2ClH.Si.Zr/c2*1-3-11-32-30(7-1)9-5-13-34(32)36-15-16-37(35-14-6-10-31-8-2-4-12-33(31)35)39-21-29(20-38(36)39)25-40-22-26-17-27(23-40)19-28(18-26)24-40;;;;;;/h2*1-16,20-21,26-28H,17-19,22-25H2;2*1H3;2*1H;;/q4*-1;;;;. The van der Waals surface area contributed by atoms with Gasteiger partial charge in [-0.3, -0.25) is 0 Å². The van der Waals surface area contributed by atoms with Gasteiger partial charge in [0.2, 0.25) is 0 Å². The van der Waals surface area contributed by atoms with Crippen molar-refractivity contribution in [3.63, 3.8) is 0 Å². The second-order valence-electron chi connectivity index (χ2n) is 27.0. The first-order valence-electron chi connectivity index (χ1n) is 31.1. The Morgan fingerprint density at radius 2 is 0.535 bits per heavy atom. The first-order chi connectivity index (χ1) is 40.4. The summed E-state index contributed by atoms with van der Waals surface area (Å²) in [5.41, 5.74) is 15.1. The molecule has 0 aliphatic heterocycles. The summed E-state index contributed by atoms with van der Waals surface area (Å²) in [6.07, 6.45) is 20.4. The van der Waals surface area contributed by atoms with Gasteiger partial charge in [-0.05, 0) is 190 Å². The Morgan fingerprint density at radius 1 is 0.302 bits per heavy atom. The predicted molar refractivity (Wildman–Crippen MR) is 373 cm³/mol. The van der Waals surface area contributed by atoms with Crippen molar-refractivity contribution in [1.82, 2.24) is 0 Å². The Hall–Kier alpha value is -5.86. The van der Waals surface area contributed by atoms with Gasteiger partial charge >= 0.3 is 30.2 Å². The van der Waals surface area contributed by atoms with E-state index in [1.165, 1.54) is 222 Å². The summed E-state index contributed by atoms with van der Waals surface area (Å²) >= 11 is 1.36. The van der Waals surface area contributed by atoms with Gasteiger partial charge in [0.15, 0.2) is 0 Å². The van der Waals surface area contributed by atoms with E-state index in [1.807, 2.05) is 0 Å². The molecular weight excluding hydrogens is 1180 g/mol. The Kier molecular flexibility index (Phi) is 17.3. The topological polar surface area (TPSA) is 0 Å². The molecule has 0 aromatic heterocycles. The molecule has 0 amide bonds. The van der Waals surface area contributed by atoms with Crippen LogP contribution in [0.4, 0.5) is 0 Å². The van der Waals surface area contributed by atoms with Gasteiger partial charge in [-0.1, -0.05) is 228 Å². The van der Waals surface area contributed by atoms with Crippen LogP contribution in [-0.4, -0.2) is 6.88 Å². The van der Waals surface area contributed by atoms with E-state index in [2.05, 4.69) is 225 Å². The zero-order chi connectivity index (χ0) is 54.5. The van der Waals surface area contributed by atoms with Crippen LogP contribution in [0, 0.1) is 61.2 Å². The Bertz CT molecular complexity index is 3830. The molecule has 0 heterocycles. The van der Waals surface area contributed by atoms with Crippen LogP contribution in [0.3, 0.4) is 0 Å². The van der Waals surface area contributed by atoms with Crippen molar-refractivity contribution >= 4 is 96.3 Å². The van der Waals surface area contributed by atoms with Crippen molar-refractivity contribution in [3.05, 3.63) is 244 Å². The quantitative estimate of drug-likeness (QED) is 0.105. The van der Waals surface area contributed by atoms with Gasteiger partial charge in [0, 0.05) is 0 Å². The normalized spacial score (nSPS) is 23.6. The van der Waals surface area contributed by atoms with Gasteiger partial charge < -0.3 is 14.9 Å². The van der Waals surface area contributed by atoms with Gasteiger partial charge in [-0.2, -0.15) is 12.1 Å². The first kappa shape index (κ1) is 60.4. The molecule has 20 rings (SSSR count). The van der Waals surface area contributed by atoms with Crippen molar-refractivity contribution in [2.24, 2.45) is 46.3 Å². The van der Waals surface area contributed by atoms with E-state index in [9.17, 15) is 0 Å². The SMILES string of the molecule is Cl.Cl.[CH3-].[CH3-].[Si]=[Zr].c1ccc2c(-c3ccc(-c4cccc5ccccc45)c4[cH-]c(CC56CC7CC(CC(C7)C5)C6)cc34)cccc2c1.c1ccc2c(-c3ccc(-c4cccc5ccccc45)c4[cH-]c(CC56CC7CC(CC(C7)C5)C6)cc34)cccc2c1. The number of fused-ring (bicyclic) bond motifs is 6. The van der Waals surface area contributed by atoms with Crippen molar-refractivity contribution in [1.29, 1.82) is 0 Å². The minimum Gasteiger partial charge on any atom is -0.164 e. The molecule has 0 N–H and O–H groups in total. The van der Waals surface area contributed by atoms with Crippen LogP contribution in [0.1, 0.15) is 88.2 Å². The Morgan fingerprint density at radius 3 is 0.826 bits per heavy atom. The second-order valence-corrected chi connectivity index (χ2v) is 27.0. The summed E-state index contributed by atoms with van der Waals surface area (Å²) in [6, 6.07) is 82.5. The van der Waals surface area contributed by atoms with Crippen molar-refractivity contribution in [2.75, 3.05) is 0 Å². The van der Waals surface area contributed by atoms with Crippen LogP contribution in [0.2, 0.25) is 0 Å². The van der Waals surface area contributed by atoms with E-state index < -0.39 is 0 Å². The minimum atomic E-state index is 0. The summed E-state index contributed by atoms with van der Waals surface area (Å²) in [7, 11) is 0.